The van der Waals surface area contributed by atoms with Crippen molar-refractivity contribution in [2.24, 2.45) is 5.73 Å². The van der Waals surface area contributed by atoms with Gasteiger partial charge in [-0.3, -0.25) is 14.4 Å². The van der Waals surface area contributed by atoms with Gasteiger partial charge < -0.3 is 25.3 Å². The summed E-state index contributed by atoms with van der Waals surface area (Å²) in [6, 6.07) is 0. The molecule has 1 fully saturated rings. The van der Waals surface area contributed by atoms with Crippen molar-refractivity contribution in [1.29, 1.82) is 0 Å². The van der Waals surface area contributed by atoms with Crippen molar-refractivity contribution in [2.45, 2.75) is 97.0 Å². The minimum absolute atomic E-state index is 0.0421. The van der Waals surface area contributed by atoms with Gasteiger partial charge in [0.25, 0.3) is 0 Å². The molecule has 0 aromatic carbocycles. The Morgan fingerprint density at radius 2 is 1.71 bits per heavy atom. The van der Waals surface area contributed by atoms with E-state index < -0.39 is 24.3 Å². The second-order valence-electron chi connectivity index (χ2n) is 7.76. The number of carbonyl (C=O) groups is 3. The molecule has 1 aliphatic heterocycles. The highest BCUT2D eigenvalue weighted by molar-refractivity contribution is 5.91. The summed E-state index contributed by atoms with van der Waals surface area (Å²) in [4.78, 5) is 35.1. The summed E-state index contributed by atoms with van der Waals surface area (Å²) in [5.74, 6) is -1.02. The number of unbranched alkanes of at least 4 members (excludes halogenated alkanes) is 4. The lowest BCUT2D eigenvalue weighted by atomic mass is 10.1. The summed E-state index contributed by atoms with van der Waals surface area (Å²) in [5.41, 5.74) is 5.61. The van der Waals surface area contributed by atoms with Crippen LogP contribution in [0.25, 0.3) is 0 Å². The van der Waals surface area contributed by atoms with Crippen LogP contribution < -0.4 is 11.1 Å². The van der Waals surface area contributed by atoms with Crippen LogP contribution in [0.15, 0.2) is 23.9 Å². The molecule has 176 valence electrons. The standard InChI is InChI=1S/C23H38N2O6/c1-4-6-8-12-21(26)29-16-19-18(31-22(27)13-9-7-5-2)15-20(30-19)25-14-10-11-17(3)23(24)28/h10-11,14,18-20,25H,4-9,12-13,15-16H2,1-3H3,(H2,24,28)/b14-10-,17-11+/t18-,19+,20+/m0/s1. The topological polar surface area (TPSA) is 117 Å². The monoisotopic (exact) mass is 438 g/mol. The molecule has 0 bridgehead atoms. The number of carbonyl (C=O) groups excluding carboxylic acids is 3. The summed E-state index contributed by atoms with van der Waals surface area (Å²) >= 11 is 0. The molecule has 3 atom stereocenters. The molecule has 1 saturated heterocycles. The minimum atomic E-state index is -0.529. The van der Waals surface area contributed by atoms with Crippen LogP contribution in [0.5, 0.6) is 0 Å². The zero-order chi connectivity index (χ0) is 23.1. The molecule has 1 aliphatic rings. The van der Waals surface area contributed by atoms with Crippen molar-refractivity contribution in [3.05, 3.63) is 23.9 Å². The minimum Gasteiger partial charge on any atom is -0.463 e. The Labute approximate surface area is 185 Å². The molecule has 3 N–H and O–H groups in total. The highest BCUT2D eigenvalue weighted by Gasteiger charge is 2.38. The van der Waals surface area contributed by atoms with Crippen LogP contribution >= 0.6 is 0 Å². The van der Waals surface area contributed by atoms with Gasteiger partial charge in [0.15, 0.2) is 0 Å². The van der Waals surface area contributed by atoms with Crippen LogP contribution in [0.2, 0.25) is 0 Å². The van der Waals surface area contributed by atoms with Gasteiger partial charge in [-0.05, 0) is 32.0 Å². The van der Waals surface area contributed by atoms with Gasteiger partial charge in [0, 0.05) is 24.8 Å². The Balaban J connectivity index is 2.60. The number of primary amides is 1. The number of esters is 2. The predicted molar refractivity (Wildman–Crippen MR) is 118 cm³/mol. The second kappa shape index (κ2) is 15.5. The molecular formula is C23H38N2O6. The fourth-order valence-corrected chi connectivity index (χ4v) is 3.05. The van der Waals surface area contributed by atoms with E-state index in [-0.39, 0.29) is 18.5 Å². The Morgan fingerprint density at radius 1 is 1.06 bits per heavy atom. The van der Waals surface area contributed by atoms with E-state index in [2.05, 4.69) is 19.2 Å². The SMILES string of the molecule is CCCCCC(=O)OC[C@H]1O[C@@H](N/C=C\C=C(/C)C(N)=O)C[C@@H]1OC(=O)CCCCC. The molecule has 0 saturated carbocycles. The van der Waals surface area contributed by atoms with Gasteiger partial charge >= 0.3 is 11.9 Å². The van der Waals surface area contributed by atoms with Gasteiger partial charge in [0.05, 0.1) is 0 Å². The summed E-state index contributed by atoms with van der Waals surface area (Å²) in [7, 11) is 0. The van der Waals surface area contributed by atoms with E-state index in [1.165, 1.54) is 0 Å². The van der Waals surface area contributed by atoms with Crippen molar-refractivity contribution in [2.75, 3.05) is 6.61 Å². The van der Waals surface area contributed by atoms with Gasteiger partial charge in [-0.25, -0.2) is 0 Å². The van der Waals surface area contributed by atoms with Crippen LogP contribution in [0.4, 0.5) is 0 Å². The number of allylic oxidation sites excluding steroid dienone is 2. The molecule has 0 aromatic rings. The number of hydrogen-bond donors (Lipinski definition) is 2. The van der Waals surface area contributed by atoms with E-state index in [1.54, 1.807) is 25.3 Å². The number of ether oxygens (including phenoxy) is 3. The predicted octanol–water partition coefficient (Wildman–Crippen LogP) is 3.25. The van der Waals surface area contributed by atoms with Crippen molar-refractivity contribution in [3.63, 3.8) is 0 Å². The van der Waals surface area contributed by atoms with Crippen LogP contribution in [-0.2, 0) is 28.6 Å². The molecule has 0 unspecified atom stereocenters. The number of nitrogens with one attached hydrogen (secondary N) is 1. The third kappa shape index (κ3) is 11.6. The summed E-state index contributed by atoms with van der Waals surface area (Å²) in [6.45, 7) is 5.81. The Hall–Kier alpha value is -2.35. The highest BCUT2D eigenvalue weighted by atomic mass is 16.6. The maximum atomic E-state index is 12.2. The van der Waals surface area contributed by atoms with E-state index in [4.69, 9.17) is 19.9 Å². The van der Waals surface area contributed by atoms with Crippen LogP contribution in [0, 0.1) is 0 Å². The first-order valence-corrected chi connectivity index (χ1v) is 11.3. The van der Waals surface area contributed by atoms with E-state index >= 15 is 0 Å². The molecule has 8 heteroatoms. The molecule has 1 heterocycles. The molecular weight excluding hydrogens is 400 g/mol. The first kappa shape index (κ1) is 26.7. The Bertz CT molecular complexity index is 632. The average Bonchev–Trinajstić information content (AvgIpc) is 3.11. The molecule has 0 aromatic heterocycles. The maximum Gasteiger partial charge on any atom is 0.306 e. The normalized spacial score (nSPS) is 21.3. The summed E-state index contributed by atoms with van der Waals surface area (Å²) in [6.07, 6.45) is 10.2. The molecule has 0 aliphatic carbocycles. The van der Waals surface area contributed by atoms with Crippen molar-refractivity contribution in [1.82, 2.24) is 5.32 Å². The summed E-state index contributed by atoms with van der Waals surface area (Å²) < 4.78 is 16.9. The maximum absolute atomic E-state index is 12.2. The molecule has 31 heavy (non-hydrogen) atoms. The van der Waals surface area contributed by atoms with Crippen LogP contribution in [0.1, 0.15) is 78.6 Å². The second-order valence-corrected chi connectivity index (χ2v) is 7.76. The molecule has 8 nitrogen and oxygen atoms in total. The van der Waals surface area contributed by atoms with E-state index in [1.807, 2.05) is 0 Å². The van der Waals surface area contributed by atoms with Gasteiger partial charge in [-0.1, -0.05) is 45.6 Å². The lowest BCUT2D eigenvalue weighted by Crippen LogP contribution is -2.32. The quantitative estimate of drug-likeness (QED) is 0.174. The van der Waals surface area contributed by atoms with Gasteiger partial charge in [-0.2, -0.15) is 0 Å². The largest absolute Gasteiger partial charge is 0.463 e. The third-order valence-corrected chi connectivity index (χ3v) is 4.97. The lowest BCUT2D eigenvalue weighted by Gasteiger charge is -2.19. The lowest BCUT2D eigenvalue weighted by molar-refractivity contribution is -0.157. The zero-order valence-electron chi connectivity index (χ0n) is 19.1. The molecule has 0 spiro atoms. The highest BCUT2D eigenvalue weighted by Crippen LogP contribution is 2.23. The van der Waals surface area contributed by atoms with Crippen LogP contribution in [-0.4, -0.2) is 42.9 Å². The van der Waals surface area contributed by atoms with E-state index in [0.717, 1.165) is 38.5 Å². The molecule has 1 amide bonds. The van der Waals surface area contributed by atoms with Crippen molar-refractivity contribution >= 4 is 17.8 Å². The average molecular weight is 439 g/mol. The number of hydrogen-bond acceptors (Lipinski definition) is 7. The number of amides is 1. The smallest absolute Gasteiger partial charge is 0.306 e. The van der Waals surface area contributed by atoms with Gasteiger partial charge in [0.1, 0.15) is 25.0 Å². The number of rotatable bonds is 15. The zero-order valence-corrected chi connectivity index (χ0v) is 19.1. The molecule has 1 rings (SSSR count). The number of nitrogens with two attached hydrogens (primary N) is 1. The van der Waals surface area contributed by atoms with Crippen molar-refractivity contribution in [3.8, 4) is 0 Å². The van der Waals surface area contributed by atoms with E-state index in [9.17, 15) is 14.4 Å². The Kier molecular flexibility index (Phi) is 13.3. The third-order valence-electron chi connectivity index (χ3n) is 4.97. The summed E-state index contributed by atoms with van der Waals surface area (Å²) in [5, 5.41) is 3.06. The Morgan fingerprint density at radius 3 is 2.32 bits per heavy atom. The van der Waals surface area contributed by atoms with Gasteiger partial charge in [0.2, 0.25) is 5.91 Å². The van der Waals surface area contributed by atoms with E-state index in [0.29, 0.717) is 24.8 Å². The van der Waals surface area contributed by atoms with Crippen LogP contribution in [0.3, 0.4) is 0 Å². The first-order valence-electron chi connectivity index (χ1n) is 11.3. The van der Waals surface area contributed by atoms with Gasteiger partial charge in [-0.15, -0.1) is 0 Å². The first-order chi connectivity index (χ1) is 14.9. The fraction of sp³-hybridized carbons (Fsp3) is 0.696. The van der Waals surface area contributed by atoms with Crippen molar-refractivity contribution < 1.29 is 28.6 Å². The molecule has 0 radical (unpaired) electrons. The fourth-order valence-electron chi connectivity index (χ4n) is 3.05.